The number of ether oxygens (including phenoxy) is 1. The quantitative estimate of drug-likeness (QED) is 0.700. The summed E-state index contributed by atoms with van der Waals surface area (Å²) in [7, 11) is 0. The maximum atomic E-state index is 5.72. The van der Waals surface area contributed by atoms with E-state index in [4.69, 9.17) is 4.74 Å². The Morgan fingerprint density at radius 1 is 1.00 bits per heavy atom. The molecule has 3 aromatic rings. The molecule has 0 saturated heterocycles. The van der Waals surface area contributed by atoms with Gasteiger partial charge in [-0.2, -0.15) is 0 Å². The molecule has 3 rings (SSSR count). The van der Waals surface area contributed by atoms with Crippen molar-refractivity contribution in [1.29, 1.82) is 0 Å². The van der Waals surface area contributed by atoms with Crippen LogP contribution in [-0.4, -0.2) is 9.97 Å². The third-order valence-electron chi connectivity index (χ3n) is 2.71. The van der Waals surface area contributed by atoms with Crippen LogP contribution in [0.5, 0.6) is 5.75 Å². The molecule has 2 heterocycles. The summed E-state index contributed by atoms with van der Waals surface area (Å²) in [5.41, 5.74) is 2.00. The summed E-state index contributed by atoms with van der Waals surface area (Å²) >= 11 is 0. The van der Waals surface area contributed by atoms with Gasteiger partial charge in [0.25, 0.3) is 0 Å². The van der Waals surface area contributed by atoms with E-state index < -0.39 is 0 Å². The lowest BCUT2D eigenvalue weighted by atomic mass is 10.2. The summed E-state index contributed by atoms with van der Waals surface area (Å²) in [5.74, 6) is 0.824. The van der Waals surface area contributed by atoms with Crippen LogP contribution in [0.25, 0.3) is 10.9 Å². The largest absolute Gasteiger partial charge is 0.489 e. The second-order valence-electron chi connectivity index (χ2n) is 4.01. The minimum Gasteiger partial charge on any atom is -0.489 e. The topological polar surface area (TPSA) is 35.0 Å². The SMILES string of the molecule is c1cncc(COc2ccc3cccnc3c2)c1. The van der Waals surface area contributed by atoms with Gasteiger partial charge in [-0.15, -0.1) is 0 Å². The minimum absolute atomic E-state index is 0.520. The van der Waals surface area contributed by atoms with Crippen molar-refractivity contribution in [3.8, 4) is 5.75 Å². The highest BCUT2D eigenvalue weighted by Crippen LogP contribution is 2.19. The molecule has 0 unspecified atom stereocenters. The molecular weight excluding hydrogens is 224 g/mol. The molecule has 0 amide bonds. The monoisotopic (exact) mass is 236 g/mol. The van der Waals surface area contributed by atoms with Crippen LogP contribution in [0.2, 0.25) is 0 Å². The van der Waals surface area contributed by atoms with Crippen LogP contribution in [0.4, 0.5) is 0 Å². The molecule has 0 atom stereocenters. The number of aromatic nitrogens is 2. The fraction of sp³-hybridized carbons (Fsp3) is 0.0667. The summed E-state index contributed by atoms with van der Waals surface area (Å²) in [6.45, 7) is 0.520. The molecule has 0 bridgehead atoms. The lowest BCUT2D eigenvalue weighted by Gasteiger charge is -2.06. The number of hydrogen-bond donors (Lipinski definition) is 0. The van der Waals surface area contributed by atoms with E-state index >= 15 is 0 Å². The Balaban J connectivity index is 1.79. The van der Waals surface area contributed by atoms with Crippen LogP contribution in [-0.2, 0) is 6.61 Å². The van der Waals surface area contributed by atoms with E-state index in [9.17, 15) is 0 Å². The first-order chi connectivity index (χ1) is 8.92. The summed E-state index contributed by atoms with van der Waals surface area (Å²) in [5, 5.41) is 1.12. The highest BCUT2D eigenvalue weighted by Gasteiger charge is 1.98. The lowest BCUT2D eigenvalue weighted by molar-refractivity contribution is 0.306. The Labute approximate surface area is 105 Å². The maximum Gasteiger partial charge on any atom is 0.122 e. The van der Waals surface area contributed by atoms with Crippen molar-refractivity contribution in [2.45, 2.75) is 6.61 Å². The Bertz CT molecular complexity index is 653. The zero-order valence-electron chi connectivity index (χ0n) is 9.78. The number of pyridine rings is 2. The Morgan fingerprint density at radius 3 is 2.83 bits per heavy atom. The number of nitrogens with zero attached hydrogens (tertiary/aromatic N) is 2. The van der Waals surface area contributed by atoms with Crippen molar-refractivity contribution in [3.05, 3.63) is 66.6 Å². The van der Waals surface area contributed by atoms with E-state index in [-0.39, 0.29) is 0 Å². The normalized spacial score (nSPS) is 10.4. The second-order valence-corrected chi connectivity index (χ2v) is 4.01. The average Bonchev–Trinajstić information content (AvgIpc) is 2.46. The molecule has 0 aliphatic carbocycles. The fourth-order valence-corrected chi connectivity index (χ4v) is 1.79. The number of rotatable bonds is 3. The van der Waals surface area contributed by atoms with Crippen molar-refractivity contribution in [1.82, 2.24) is 9.97 Å². The molecule has 0 aliphatic heterocycles. The van der Waals surface area contributed by atoms with E-state index in [1.165, 1.54) is 0 Å². The van der Waals surface area contributed by atoms with Crippen LogP contribution in [0, 0.1) is 0 Å². The van der Waals surface area contributed by atoms with E-state index in [0.717, 1.165) is 22.2 Å². The Hall–Kier alpha value is -2.42. The van der Waals surface area contributed by atoms with Gasteiger partial charge < -0.3 is 4.74 Å². The molecule has 2 aromatic heterocycles. The van der Waals surface area contributed by atoms with Gasteiger partial charge in [0.1, 0.15) is 12.4 Å². The molecule has 3 nitrogen and oxygen atoms in total. The Kier molecular flexibility index (Phi) is 2.88. The van der Waals surface area contributed by atoms with Crippen molar-refractivity contribution in [2.75, 3.05) is 0 Å². The molecule has 0 N–H and O–H groups in total. The van der Waals surface area contributed by atoms with Crippen LogP contribution in [0.3, 0.4) is 0 Å². The van der Waals surface area contributed by atoms with Crippen LogP contribution >= 0.6 is 0 Å². The first-order valence-electron chi connectivity index (χ1n) is 5.78. The first kappa shape index (κ1) is 10.7. The smallest absolute Gasteiger partial charge is 0.122 e. The summed E-state index contributed by atoms with van der Waals surface area (Å²) in [6, 6.07) is 13.8. The van der Waals surface area contributed by atoms with Crippen molar-refractivity contribution >= 4 is 10.9 Å². The average molecular weight is 236 g/mol. The van der Waals surface area contributed by atoms with E-state index in [2.05, 4.69) is 9.97 Å². The van der Waals surface area contributed by atoms with Gasteiger partial charge in [-0.1, -0.05) is 12.1 Å². The molecule has 0 saturated carbocycles. The molecule has 0 aliphatic rings. The van der Waals surface area contributed by atoms with Gasteiger partial charge in [0.15, 0.2) is 0 Å². The highest BCUT2D eigenvalue weighted by molar-refractivity contribution is 5.79. The summed E-state index contributed by atoms with van der Waals surface area (Å²) < 4.78 is 5.72. The van der Waals surface area contributed by atoms with Crippen molar-refractivity contribution < 1.29 is 4.74 Å². The van der Waals surface area contributed by atoms with Crippen LogP contribution < -0.4 is 4.74 Å². The molecule has 1 aromatic carbocycles. The van der Waals surface area contributed by atoms with E-state index in [1.807, 2.05) is 42.5 Å². The standard InChI is InChI=1S/C15H12N2O/c1-3-12(10-16-7-1)11-18-14-6-5-13-4-2-8-17-15(13)9-14/h1-10H,11H2. The molecule has 3 heteroatoms. The Morgan fingerprint density at radius 2 is 1.94 bits per heavy atom. The molecule has 88 valence electrons. The van der Waals surface area contributed by atoms with Gasteiger partial charge in [0.2, 0.25) is 0 Å². The fourth-order valence-electron chi connectivity index (χ4n) is 1.79. The predicted octanol–water partition coefficient (Wildman–Crippen LogP) is 3.21. The van der Waals surface area contributed by atoms with Crippen LogP contribution in [0.1, 0.15) is 5.56 Å². The van der Waals surface area contributed by atoms with Gasteiger partial charge >= 0.3 is 0 Å². The zero-order valence-corrected chi connectivity index (χ0v) is 9.78. The number of benzene rings is 1. The van der Waals surface area contributed by atoms with Crippen molar-refractivity contribution in [2.24, 2.45) is 0 Å². The maximum absolute atomic E-state index is 5.72. The molecule has 0 radical (unpaired) electrons. The molecule has 18 heavy (non-hydrogen) atoms. The predicted molar refractivity (Wildman–Crippen MR) is 70.3 cm³/mol. The summed E-state index contributed by atoms with van der Waals surface area (Å²) in [6.07, 6.45) is 5.34. The van der Waals surface area contributed by atoms with Gasteiger partial charge in [0.05, 0.1) is 5.52 Å². The second kappa shape index (κ2) is 4.84. The highest BCUT2D eigenvalue weighted by atomic mass is 16.5. The third kappa shape index (κ3) is 2.30. The molecular formula is C15H12N2O. The minimum atomic E-state index is 0.520. The first-order valence-corrected chi connectivity index (χ1v) is 5.78. The van der Waals surface area contributed by atoms with Crippen molar-refractivity contribution in [3.63, 3.8) is 0 Å². The van der Waals surface area contributed by atoms with Gasteiger partial charge in [-0.3, -0.25) is 9.97 Å². The third-order valence-corrected chi connectivity index (χ3v) is 2.71. The van der Waals surface area contributed by atoms with Gasteiger partial charge in [0, 0.05) is 35.6 Å². The lowest BCUT2D eigenvalue weighted by Crippen LogP contribution is -1.95. The van der Waals surface area contributed by atoms with E-state index in [0.29, 0.717) is 6.61 Å². The van der Waals surface area contributed by atoms with Gasteiger partial charge in [-0.25, -0.2) is 0 Å². The zero-order chi connectivity index (χ0) is 12.2. The number of fused-ring (bicyclic) bond motifs is 1. The van der Waals surface area contributed by atoms with E-state index in [1.54, 1.807) is 18.6 Å². The van der Waals surface area contributed by atoms with Gasteiger partial charge in [-0.05, 0) is 24.3 Å². The van der Waals surface area contributed by atoms with Crippen LogP contribution in [0.15, 0.2) is 61.1 Å². The summed E-state index contributed by atoms with van der Waals surface area (Å²) in [4.78, 5) is 8.36. The number of hydrogen-bond acceptors (Lipinski definition) is 3. The molecule has 0 fully saturated rings. The molecule has 0 spiro atoms.